The molecule has 1 aliphatic heterocycles. The van der Waals surface area contributed by atoms with E-state index in [4.69, 9.17) is 9.88 Å². The third-order valence-electron chi connectivity index (χ3n) is 4.88. The summed E-state index contributed by atoms with van der Waals surface area (Å²) in [5.41, 5.74) is 0.778. The highest BCUT2D eigenvalue weighted by molar-refractivity contribution is 7.89. The van der Waals surface area contributed by atoms with Crippen LogP contribution in [0.2, 0.25) is 0 Å². The molecule has 10 nitrogen and oxygen atoms in total. The van der Waals surface area contributed by atoms with E-state index in [1.54, 1.807) is 10.7 Å². The molecule has 2 aromatic heterocycles. The highest BCUT2D eigenvalue weighted by Gasteiger charge is 2.30. The second-order valence-corrected chi connectivity index (χ2v) is 8.28. The number of sulfonamides is 1. The first-order chi connectivity index (χ1) is 13.9. The molecule has 11 heteroatoms. The van der Waals surface area contributed by atoms with Crippen LogP contribution in [0.15, 0.2) is 46.2 Å². The van der Waals surface area contributed by atoms with Crippen molar-refractivity contribution in [3.05, 3.63) is 46.9 Å². The highest BCUT2D eigenvalue weighted by Crippen LogP contribution is 2.31. The van der Waals surface area contributed by atoms with Crippen molar-refractivity contribution >= 4 is 32.4 Å². The minimum Gasteiger partial charge on any atom is -0.379 e. The Hall–Kier alpha value is -3.20. The summed E-state index contributed by atoms with van der Waals surface area (Å²) in [5.74, 6) is 0.0144. The fourth-order valence-corrected chi connectivity index (χ4v) is 3.93. The van der Waals surface area contributed by atoms with Gasteiger partial charge in [0, 0.05) is 18.5 Å². The average Bonchev–Trinajstić information content (AvgIpc) is 3.07. The summed E-state index contributed by atoms with van der Waals surface area (Å²) in [6, 6.07) is 9.49. The van der Waals surface area contributed by atoms with Crippen LogP contribution in [0.1, 0.15) is 12.5 Å². The third-order valence-corrected chi connectivity index (χ3v) is 5.81. The minimum atomic E-state index is -3.80. The number of aromatic nitrogens is 3. The van der Waals surface area contributed by atoms with Crippen molar-refractivity contribution in [1.82, 2.24) is 14.8 Å². The second kappa shape index (κ2) is 7.32. The largest absolute Gasteiger partial charge is 0.379 e. The van der Waals surface area contributed by atoms with E-state index >= 15 is 0 Å². The number of nitrogens with one attached hydrogen (secondary N) is 2. The number of benzene rings is 1. The molecule has 1 aromatic carbocycles. The van der Waals surface area contributed by atoms with Crippen molar-refractivity contribution in [1.29, 1.82) is 5.26 Å². The summed E-state index contributed by atoms with van der Waals surface area (Å²) in [5, 5.41) is 22.5. The van der Waals surface area contributed by atoms with E-state index in [1.165, 1.54) is 30.5 Å². The van der Waals surface area contributed by atoms with Gasteiger partial charge in [0.25, 0.3) is 5.56 Å². The van der Waals surface area contributed by atoms with Gasteiger partial charge in [0.15, 0.2) is 5.82 Å². The fourth-order valence-electron chi connectivity index (χ4n) is 3.42. The quantitative estimate of drug-likeness (QED) is 0.579. The number of H-pyrrole nitrogens is 1. The maximum absolute atomic E-state index is 12.5. The van der Waals surface area contributed by atoms with Gasteiger partial charge in [0.2, 0.25) is 10.0 Å². The number of ether oxygens (including phenoxy) is 1. The van der Waals surface area contributed by atoms with Gasteiger partial charge >= 0.3 is 0 Å². The Morgan fingerprint density at radius 3 is 2.76 bits per heavy atom. The lowest BCUT2D eigenvalue weighted by Crippen LogP contribution is -2.30. The van der Waals surface area contributed by atoms with E-state index < -0.39 is 10.0 Å². The molecule has 1 fully saturated rings. The van der Waals surface area contributed by atoms with E-state index in [2.05, 4.69) is 21.5 Å². The molecule has 3 heterocycles. The molecule has 0 spiro atoms. The number of aromatic amines is 1. The van der Waals surface area contributed by atoms with Crippen molar-refractivity contribution in [2.24, 2.45) is 11.1 Å². The monoisotopic (exact) mass is 414 g/mol. The number of fused-ring (bicyclic) bond motifs is 1. The lowest BCUT2D eigenvalue weighted by atomic mass is 9.96. The van der Waals surface area contributed by atoms with E-state index in [0.29, 0.717) is 42.0 Å². The van der Waals surface area contributed by atoms with Gasteiger partial charge in [-0.1, -0.05) is 0 Å². The third kappa shape index (κ3) is 3.61. The molecule has 0 bridgehead atoms. The summed E-state index contributed by atoms with van der Waals surface area (Å²) in [6.07, 6.45) is 2.11. The lowest BCUT2D eigenvalue weighted by Gasteiger charge is -2.27. The molecule has 4 N–H and O–H groups in total. The number of hydrogen-bond acceptors (Lipinski definition) is 7. The van der Waals surface area contributed by atoms with Gasteiger partial charge in [0.1, 0.15) is 5.39 Å². The molecule has 1 saturated heterocycles. The smallest absolute Gasteiger partial charge is 0.261 e. The highest BCUT2D eigenvalue weighted by atomic mass is 32.2. The zero-order valence-corrected chi connectivity index (χ0v) is 16.0. The van der Waals surface area contributed by atoms with Gasteiger partial charge in [-0.05, 0) is 36.8 Å². The van der Waals surface area contributed by atoms with Crippen LogP contribution in [0.4, 0.5) is 11.5 Å². The van der Waals surface area contributed by atoms with Crippen molar-refractivity contribution in [2.75, 3.05) is 18.5 Å². The van der Waals surface area contributed by atoms with E-state index in [1.807, 2.05) is 0 Å². The zero-order chi connectivity index (χ0) is 20.6. The first-order valence-electron chi connectivity index (χ1n) is 8.85. The predicted octanol–water partition coefficient (Wildman–Crippen LogP) is 1.22. The molecule has 150 valence electrons. The SMILES string of the molecule is N#CC1CCOC[C@@H]1n1nc(Nc2ccc(S(N)(=O)=O)cc2)c2c(=O)[nH]ccc21. The number of anilines is 2. The van der Waals surface area contributed by atoms with Crippen LogP contribution in [-0.2, 0) is 14.8 Å². The molecule has 3 aromatic rings. The maximum atomic E-state index is 12.5. The molecule has 0 amide bonds. The Morgan fingerprint density at radius 2 is 2.07 bits per heavy atom. The van der Waals surface area contributed by atoms with Gasteiger partial charge in [-0.2, -0.15) is 10.4 Å². The molecule has 29 heavy (non-hydrogen) atoms. The summed E-state index contributed by atoms with van der Waals surface area (Å²) in [4.78, 5) is 15.1. The summed E-state index contributed by atoms with van der Waals surface area (Å²) in [7, 11) is -3.80. The number of nitriles is 1. The Kier molecular flexibility index (Phi) is 4.83. The van der Waals surface area contributed by atoms with Crippen molar-refractivity contribution in [2.45, 2.75) is 17.4 Å². The first kappa shape index (κ1) is 19.1. The molecular weight excluding hydrogens is 396 g/mol. The molecule has 2 atom stereocenters. The van der Waals surface area contributed by atoms with Crippen LogP contribution in [0.25, 0.3) is 10.9 Å². The number of nitrogens with zero attached hydrogens (tertiary/aromatic N) is 3. The second-order valence-electron chi connectivity index (χ2n) is 6.72. The van der Waals surface area contributed by atoms with Gasteiger partial charge < -0.3 is 15.0 Å². The van der Waals surface area contributed by atoms with Crippen LogP contribution in [-0.4, -0.2) is 36.4 Å². The maximum Gasteiger partial charge on any atom is 0.261 e. The Bertz CT molecular complexity index is 1260. The molecule has 0 saturated carbocycles. The Balaban J connectivity index is 1.77. The van der Waals surface area contributed by atoms with Crippen LogP contribution < -0.4 is 16.0 Å². The van der Waals surface area contributed by atoms with Gasteiger partial charge in [-0.3, -0.25) is 9.48 Å². The van der Waals surface area contributed by atoms with Gasteiger partial charge in [-0.25, -0.2) is 13.6 Å². The predicted molar refractivity (Wildman–Crippen MR) is 105 cm³/mol. The number of pyridine rings is 1. The Morgan fingerprint density at radius 1 is 1.31 bits per heavy atom. The van der Waals surface area contributed by atoms with Gasteiger partial charge in [-0.15, -0.1) is 0 Å². The van der Waals surface area contributed by atoms with Crippen molar-refractivity contribution in [3.63, 3.8) is 0 Å². The van der Waals surface area contributed by atoms with E-state index in [9.17, 15) is 18.5 Å². The topological polar surface area (TPSA) is 156 Å². The van der Waals surface area contributed by atoms with Crippen LogP contribution in [0, 0.1) is 17.2 Å². The number of hydrogen-bond donors (Lipinski definition) is 3. The van der Waals surface area contributed by atoms with Crippen LogP contribution in [0.5, 0.6) is 0 Å². The number of primary sulfonamides is 1. The first-order valence-corrected chi connectivity index (χ1v) is 10.4. The van der Waals surface area contributed by atoms with Crippen LogP contribution >= 0.6 is 0 Å². The fraction of sp³-hybridized carbons (Fsp3) is 0.278. The molecule has 0 aliphatic carbocycles. The summed E-state index contributed by atoms with van der Waals surface area (Å²) >= 11 is 0. The molecular formula is C18H18N6O4S. The zero-order valence-electron chi connectivity index (χ0n) is 15.2. The minimum absolute atomic E-state index is 0.0208. The summed E-state index contributed by atoms with van der Waals surface area (Å²) < 4.78 is 30.0. The standard InChI is InChI=1S/C18H18N6O4S/c19-9-11-6-8-28-10-15(11)24-14-5-7-21-18(25)16(14)17(23-24)22-12-1-3-13(4-2-12)29(20,26)27/h1-5,7,11,15H,6,8,10H2,(H,21,25)(H,22,23)(H2,20,26,27)/t11?,15-/m0/s1. The molecule has 1 aliphatic rings. The lowest BCUT2D eigenvalue weighted by molar-refractivity contribution is 0.0359. The van der Waals surface area contributed by atoms with Crippen molar-refractivity contribution < 1.29 is 13.2 Å². The Labute approximate surface area is 165 Å². The molecule has 1 unspecified atom stereocenters. The molecule has 4 rings (SSSR count). The average molecular weight is 414 g/mol. The van der Waals surface area contributed by atoms with E-state index in [0.717, 1.165) is 0 Å². The number of rotatable bonds is 4. The normalized spacial score (nSPS) is 19.7. The van der Waals surface area contributed by atoms with Crippen LogP contribution in [0.3, 0.4) is 0 Å². The van der Waals surface area contributed by atoms with E-state index in [-0.39, 0.29) is 22.4 Å². The van der Waals surface area contributed by atoms with Gasteiger partial charge in [0.05, 0.1) is 35.0 Å². The summed E-state index contributed by atoms with van der Waals surface area (Å²) in [6.45, 7) is 0.834. The number of nitrogens with two attached hydrogens (primary N) is 1. The molecule has 0 radical (unpaired) electrons. The van der Waals surface area contributed by atoms with Crippen molar-refractivity contribution in [3.8, 4) is 6.07 Å².